The van der Waals surface area contributed by atoms with Gasteiger partial charge in [0.1, 0.15) is 0 Å². The van der Waals surface area contributed by atoms with Gasteiger partial charge in [-0.3, -0.25) is 9.59 Å². The molecule has 0 aliphatic carbocycles. The zero-order chi connectivity index (χ0) is 15.0. The average Bonchev–Trinajstić information content (AvgIpc) is 2.46. The highest BCUT2D eigenvalue weighted by atomic mass is 16.3. The van der Waals surface area contributed by atoms with Crippen molar-refractivity contribution in [2.45, 2.75) is 39.5 Å². The van der Waals surface area contributed by atoms with E-state index in [0.29, 0.717) is 10.9 Å². The van der Waals surface area contributed by atoms with Crippen LogP contribution >= 0.6 is 0 Å². The van der Waals surface area contributed by atoms with Gasteiger partial charge in [-0.15, -0.1) is 0 Å². The first kappa shape index (κ1) is 14.3. The molecule has 4 heteroatoms. The summed E-state index contributed by atoms with van der Waals surface area (Å²) in [5.74, 6) is -0.120. The zero-order valence-corrected chi connectivity index (χ0v) is 12.2. The first-order valence-electron chi connectivity index (χ1n) is 6.76. The van der Waals surface area contributed by atoms with E-state index in [1.165, 1.54) is 0 Å². The van der Waals surface area contributed by atoms with Crippen molar-refractivity contribution in [3.05, 3.63) is 49.9 Å². The summed E-state index contributed by atoms with van der Waals surface area (Å²) in [6, 6.07) is 4.67. The van der Waals surface area contributed by atoms with E-state index in [1.807, 2.05) is 19.9 Å². The maximum atomic E-state index is 12.3. The minimum absolute atomic E-state index is 0.150. The van der Waals surface area contributed by atoms with Gasteiger partial charge in [-0.05, 0) is 29.0 Å². The van der Waals surface area contributed by atoms with Crippen LogP contribution in [0.4, 0.5) is 0 Å². The van der Waals surface area contributed by atoms with Crippen LogP contribution in [0, 0.1) is 0 Å². The summed E-state index contributed by atoms with van der Waals surface area (Å²) in [4.78, 5) is 26.6. The number of aromatic nitrogens is 1. The highest BCUT2D eigenvalue weighted by Gasteiger charge is 2.16. The second-order valence-corrected chi connectivity index (χ2v) is 5.65. The van der Waals surface area contributed by atoms with Crippen molar-refractivity contribution < 1.29 is 5.11 Å². The Labute approximate surface area is 117 Å². The molecule has 0 amide bonds. The molecule has 2 aromatic rings. The molecule has 2 rings (SSSR count). The molecule has 106 valence electrons. The van der Waals surface area contributed by atoms with E-state index in [-0.39, 0.29) is 17.3 Å². The number of H-pyrrole nitrogens is 1. The fraction of sp³-hybridized carbons (Fsp3) is 0.375. The molecule has 0 saturated carbocycles. The minimum atomic E-state index is -0.649. The van der Waals surface area contributed by atoms with Gasteiger partial charge in [-0.1, -0.05) is 33.8 Å². The van der Waals surface area contributed by atoms with Gasteiger partial charge >= 0.3 is 0 Å². The maximum absolute atomic E-state index is 12.3. The summed E-state index contributed by atoms with van der Waals surface area (Å²) in [6.45, 7) is 8.18. The normalized spacial score (nSPS) is 11.5. The van der Waals surface area contributed by atoms with Crippen LogP contribution in [0.2, 0.25) is 0 Å². The van der Waals surface area contributed by atoms with Gasteiger partial charge in [0.25, 0.3) is 5.56 Å². The fourth-order valence-electron chi connectivity index (χ4n) is 2.58. The fourth-order valence-corrected chi connectivity index (χ4v) is 2.58. The summed E-state index contributed by atoms with van der Waals surface area (Å²) in [5, 5.41) is 10.0. The largest absolute Gasteiger partial charge is 0.503 e. The Bertz CT molecular complexity index is 773. The maximum Gasteiger partial charge on any atom is 0.290 e. The quantitative estimate of drug-likeness (QED) is 0.884. The highest BCUT2D eigenvalue weighted by molar-refractivity contribution is 5.83. The first-order chi connectivity index (χ1) is 9.32. The smallest absolute Gasteiger partial charge is 0.290 e. The van der Waals surface area contributed by atoms with Crippen LogP contribution < -0.4 is 11.0 Å². The standard InChI is InChI=1S/C16H19NO3/c1-8(2)10-5-6-11-15(14(10)9(3)4)12(18)7-13(19)16(20)17-11/h5-9,19H,1-4H3,(H,17,20). The number of hydrogen-bond donors (Lipinski definition) is 2. The lowest BCUT2D eigenvalue weighted by atomic mass is 9.88. The summed E-state index contributed by atoms with van der Waals surface area (Å²) in [5.41, 5.74) is 1.52. The van der Waals surface area contributed by atoms with E-state index in [4.69, 9.17) is 0 Å². The molecule has 0 saturated heterocycles. The van der Waals surface area contributed by atoms with Crippen molar-refractivity contribution in [3.8, 4) is 5.75 Å². The Hall–Kier alpha value is -2.10. The van der Waals surface area contributed by atoms with Crippen LogP contribution in [0.5, 0.6) is 5.75 Å². The van der Waals surface area contributed by atoms with Crippen LogP contribution in [-0.2, 0) is 0 Å². The number of nitrogens with one attached hydrogen (secondary N) is 1. The summed E-state index contributed by atoms with van der Waals surface area (Å²) < 4.78 is 0. The van der Waals surface area contributed by atoms with Gasteiger partial charge in [-0.2, -0.15) is 0 Å². The number of rotatable bonds is 2. The molecule has 0 radical (unpaired) electrons. The summed E-state index contributed by atoms with van der Waals surface area (Å²) >= 11 is 0. The Kier molecular flexibility index (Phi) is 3.66. The highest BCUT2D eigenvalue weighted by Crippen LogP contribution is 2.30. The Morgan fingerprint density at radius 3 is 2.25 bits per heavy atom. The molecule has 0 fully saturated rings. The van der Waals surface area contributed by atoms with E-state index < -0.39 is 11.3 Å². The molecule has 1 aromatic heterocycles. The number of aromatic hydroxyl groups is 1. The molecule has 2 N–H and O–H groups in total. The van der Waals surface area contributed by atoms with Gasteiger partial charge in [0.2, 0.25) is 0 Å². The van der Waals surface area contributed by atoms with Crippen molar-refractivity contribution in [2.75, 3.05) is 0 Å². The van der Waals surface area contributed by atoms with Gasteiger partial charge in [0, 0.05) is 11.5 Å². The Morgan fingerprint density at radius 1 is 1.05 bits per heavy atom. The number of benzene rings is 1. The van der Waals surface area contributed by atoms with Crippen LogP contribution in [0.15, 0.2) is 27.8 Å². The number of aromatic amines is 1. The first-order valence-corrected chi connectivity index (χ1v) is 6.76. The lowest BCUT2D eigenvalue weighted by molar-refractivity contribution is 0.468. The van der Waals surface area contributed by atoms with Crippen LogP contribution in [0.1, 0.15) is 50.7 Å². The molecule has 4 nitrogen and oxygen atoms in total. The van der Waals surface area contributed by atoms with Crippen LogP contribution in [0.3, 0.4) is 0 Å². The monoisotopic (exact) mass is 273 g/mol. The van der Waals surface area contributed by atoms with E-state index in [2.05, 4.69) is 18.8 Å². The van der Waals surface area contributed by atoms with Gasteiger partial charge in [0.15, 0.2) is 11.2 Å². The number of hydrogen-bond acceptors (Lipinski definition) is 3. The lowest BCUT2D eigenvalue weighted by Crippen LogP contribution is -2.06. The Balaban J connectivity index is 3.10. The molecule has 0 aliphatic heterocycles. The van der Waals surface area contributed by atoms with Gasteiger partial charge in [0.05, 0.1) is 5.52 Å². The van der Waals surface area contributed by atoms with Crippen molar-refractivity contribution >= 4 is 10.9 Å². The SMILES string of the molecule is CC(C)c1ccc2[nH]c(=O)c(O)cc(=O)c2c1C(C)C. The van der Waals surface area contributed by atoms with Gasteiger partial charge in [-0.25, -0.2) is 0 Å². The molecule has 0 spiro atoms. The minimum Gasteiger partial charge on any atom is -0.503 e. The van der Waals surface area contributed by atoms with Crippen LogP contribution in [0.25, 0.3) is 10.9 Å². The van der Waals surface area contributed by atoms with E-state index in [9.17, 15) is 14.7 Å². The third-order valence-corrected chi connectivity index (χ3v) is 3.47. The summed E-state index contributed by atoms with van der Waals surface area (Å²) in [7, 11) is 0. The van der Waals surface area contributed by atoms with Crippen molar-refractivity contribution in [2.24, 2.45) is 0 Å². The van der Waals surface area contributed by atoms with E-state index in [0.717, 1.165) is 17.2 Å². The molecule has 0 aliphatic rings. The molecular formula is C16H19NO3. The molecular weight excluding hydrogens is 254 g/mol. The van der Waals surface area contributed by atoms with E-state index >= 15 is 0 Å². The van der Waals surface area contributed by atoms with Crippen LogP contribution in [-0.4, -0.2) is 10.1 Å². The third kappa shape index (κ3) is 2.33. The van der Waals surface area contributed by atoms with Crippen molar-refractivity contribution in [3.63, 3.8) is 0 Å². The lowest BCUT2D eigenvalue weighted by Gasteiger charge is -2.17. The molecule has 0 bridgehead atoms. The average molecular weight is 273 g/mol. The van der Waals surface area contributed by atoms with E-state index in [1.54, 1.807) is 6.07 Å². The third-order valence-electron chi connectivity index (χ3n) is 3.47. The second kappa shape index (κ2) is 5.12. The zero-order valence-electron chi connectivity index (χ0n) is 12.2. The predicted octanol–water partition coefficient (Wildman–Crippen LogP) is 2.84. The van der Waals surface area contributed by atoms with Crippen molar-refractivity contribution in [1.29, 1.82) is 0 Å². The Morgan fingerprint density at radius 2 is 1.70 bits per heavy atom. The number of fused-ring (bicyclic) bond motifs is 1. The second-order valence-electron chi connectivity index (χ2n) is 5.65. The molecule has 1 aromatic carbocycles. The molecule has 20 heavy (non-hydrogen) atoms. The predicted molar refractivity (Wildman–Crippen MR) is 80.7 cm³/mol. The van der Waals surface area contributed by atoms with Gasteiger partial charge < -0.3 is 10.1 Å². The van der Waals surface area contributed by atoms with Crippen molar-refractivity contribution in [1.82, 2.24) is 4.98 Å². The molecule has 1 heterocycles. The molecule has 0 atom stereocenters. The molecule has 0 unspecified atom stereocenters. The summed E-state index contributed by atoms with van der Waals surface area (Å²) in [6.07, 6.45) is 0. The topological polar surface area (TPSA) is 70.2 Å².